The molecule has 98 valence electrons. The molecule has 0 saturated carbocycles. The molecule has 0 atom stereocenters. The number of rotatable bonds is 3. The van der Waals surface area contributed by atoms with Gasteiger partial charge in [0.1, 0.15) is 5.75 Å². The van der Waals surface area contributed by atoms with E-state index < -0.39 is 5.97 Å². The Morgan fingerprint density at radius 1 is 1.00 bits per heavy atom. The van der Waals surface area contributed by atoms with Crippen LogP contribution in [0.1, 0.15) is 10.5 Å². The molecule has 0 saturated heterocycles. The number of hydrogen-bond donors (Lipinski definition) is 1. The SMILES string of the molecule is O=C(O)c1nc2ccccc2cc1Oc1ccccc1. The number of aromatic nitrogens is 1. The van der Waals surface area contributed by atoms with Gasteiger partial charge in [-0.3, -0.25) is 0 Å². The molecule has 1 N–H and O–H groups in total. The lowest BCUT2D eigenvalue weighted by atomic mass is 10.2. The summed E-state index contributed by atoms with van der Waals surface area (Å²) in [7, 11) is 0. The molecule has 0 aliphatic heterocycles. The van der Waals surface area contributed by atoms with Crippen molar-refractivity contribution in [2.24, 2.45) is 0 Å². The number of carboxylic acid groups (broad SMARTS) is 1. The van der Waals surface area contributed by atoms with Gasteiger partial charge in [-0.15, -0.1) is 0 Å². The van der Waals surface area contributed by atoms with Crippen LogP contribution >= 0.6 is 0 Å². The Morgan fingerprint density at radius 3 is 2.45 bits per heavy atom. The Balaban J connectivity index is 2.12. The van der Waals surface area contributed by atoms with Gasteiger partial charge in [-0.05, 0) is 24.3 Å². The van der Waals surface area contributed by atoms with Crippen LogP contribution in [-0.4, -0.2) is 16.1 Å². The molecule has 20 heavy (non-hydrogen) atoms. The highest BCUT2D eigenvalue weighted by atomic mass is 16.5. The van der Waals surface area contributed by atoms with E-state index in [1.165, 1.54) is 0 Å². The second-order valence-electron chi connectivity index (χ2n) is 4.25. The van der Waals surface area contributed by atoms with Crippen LogP contribution in [0.15, 0.2) is 60.7 Å². The van der Waals surface area contributed by atoms with Crippen LogP contribution in [0.4, 0.5) is 0 Å². The number of para-hydroxylation sites is 2. The summed E-state index contributed by atoms with van der Waals surface area (Å²) in [6.07, 6.45) is 0. The fourth-order valence-corrected chi connectivity index (χ4v) is 1.94. The van der Waals surface area contributed by atoms with Gasteiger partial charge in [-0.1, -0.05) is 36.4 Å². The van der Waals surface area contributed by atoms with Gasteiger partial charge in [0, 0.05) is 5.39 Å². The summed E-state index contributed by atoms with van der Waals surface area (Å²) in [5.74, 6) is -0.295. The highest BCUT2D eigenvalue weighted by Crippen LogP contribution is 2.27. The van der Waals surface area contributed by atoms with Gasteiger partial charge in [-0.25, -0.2) is 9.78 Å². The summed E-state index contributed by atoms with van der Waals surface area (Å²) in [4.78, 5) is 15.5. The number of fused-ring (bicyclic) bond motifs is 1. The van der Waals surface area contributed by atoms with Crippen molar-refractivity contribution in [3.8, 4) is 11.5 Å². The number of carboxylic acids is 1. The molecule has 0 unspecified atom stereocenters. The highest BCUT2D eigenvalue weighted by molar-refractivity contribution is 5.93. The van der Waals surface area contributed by atoms with Gasteiger partial charge in [0.05, 0.1) is 5.52 Å². The van der Waals surface area contributed by atoms with Gasteiger partial charge < -0.3 is 9.84 Å². The maximum Gasteiger partial charge on any atom is 0.358 e. The van der Waals surface area contributed by atoms with Crippen molar-refractivity contribution in [3.05, 3.63) is 66.4 Å². The monoisotopic (exact) mass is 265 g/mol. The lowest BCUT2D eigenvalue weighted by molar-refractivity contribution is 0.0688. The van der Waals surface area contributed by atoms with E-state index in [-0.39, 0.29) is 11.4 Å². The zero-order valence-electron chi connectivity index (χ0n) is 10.5. The number of carbonyl (C=O) groups is 1. The second-order valence-corrected chi connectivity index (χ2v) is 4.25. The van der Waals surface area contributed by atoms with Crippen molar-refractivity contribution in [3.63, 3.8) is 0 Å². The molecular formula is C16H11NO3. The quantitative estimate of drug-likeness (QED) is 0.784. The highest BCUT2D eigenvalue weighted by Gasteiger charge is 2.15. The van der Waals surface area contributed by atoms with E-state index in [9.17, 15) is 9.90 Å². The topological polar surface area (TPSA) is 59.4 Å². The molecular weight excluding hydrogens is 254 g/mol. The first-order chi connectivity index (χ1) is 9.74. The third kappa shape index (κ3) is 2.31. The van der Waals surface area contributed by atoms with Crippen molar-refractivity contribution in [1.82, 2.24) is 4.98 Å². The standard InChI is InChI=1S/C16H11NO3/c18-16(19)15-14(20-12-7-2-1-3-8-12)10-11-6-4-5-9-13(11)17-15/h1-10H,(H,18,19). The fourth-order valence-electron chi connectivity index (χ4n) is 1.94. The normalized spacial score (nSPS) is 10.4. The molecule has 1 heterocycles. The molecule has 0 amide bonds. The van der Waals surface area contributed by atoms with E-state index >= 15 is 0 Å². The predicted molar refractivity (Wildman–Crippen MR) is 75.2 cm³/mol. The van der Waals surface area contributed by atoms with E-state index in [1.54, 1.807) is 24.3 Å². The van der Waals surface area contributed by atoms with E-state index in [0.29, 0.717) is 11.3 Å². The summed E-state index contributed by atoms with van der Waals surface area (Å²) in [6.45, 7) is 0. The summed E-state index contributed by atoms with van der Waals surface area (Å²) in [5.41, 5.74) is 0.540. The lowest BCUT2D eigenvalue weighted by Crippen LogP contribution is -2.03. The van der Waals surface area contributed by atoms with Crippen molar-refractivity contribution in [2.75, 3.05) is 0 Å². The van der Waals surface area contributed by atoms with E-state index in [4.69, 9.17) is 4.74 Å². The average Bonchev–Trinajstić information content (AvgIpc) is 2.47. The fraction of sp³-hybridized carbons (Fsp3) is 0. The molecule has 0 aliphatic rings. The second kappa shape index (κ2) is 5.01. The van der Waals surface area contributed by atoms with E-state index in [0.717, 1.165) is 5.39 Å². The number of aromatic carboxylic acids is 1. The number of hydrogen-bond acceptors (Lipinski definition) is 3. The van der Waals surface area contributed by atoms with E-state index in [1.807, 2.05) is 36.4 Å². The molecule has 0 spiro atoms. The van der Waals surface area contributed by atoms with Crippen LogP contribution in [0, 0.1) is 0 Å². The van der Waals surface area contributed by atoms with Crippen molar-refractivity contribution < 1.29 is 14.6 Å². The minimum atomic E-state index is -1.11. The van der Waals surface area contributed by atoms with Gasteiger partial charge in [0.2, 0.25) is 0 Å². The summed E-state index contributed by atoms with van der Waals surface area (Å²) in [5, 5.41) is 10.1. The minimum Gasteiger partial charge on any atom is -0.476 e. The van der Waals surface area contributed by atoms with Crippen molar-refractivity contribution >= 4 is 16.9 Å². The Bertz CT molecular complexity index is 769. The van der Waals surface area contributed by atoms with Crippen LogP contribution in [0.2, 0.25) is 0 Å². The van der Waals surface area contributed by atoms with E-state index in [2.05, 4.69) is 4.98 Å². The molecule has 0 radical (unpaired) electrons. The van der Waals surface area contributed by atoms with Crippen LogP contribution in [0.25, 0.3) is 10.9 Å². The van der Waals surface area contributed by atoms with Crippen LogP contribution in [0.5, 0.6) is 11.5 Å². The third-order valence-electron chi connectivity index (χ3n) is 2.86. The maximum absolute atomic E-state index is 11.3. The number of nitrogens with zero attached hydrogens (tertiary/aromatic N) is 1. The Labute approximate surface area is 115 Å². The molecule has 3 aromatic rings. The van der Waals surface area contributed by atoms with Gasteiger partial charge in [0.25, 0.3) is 0 Å². The first-order valence-corrected chi connectivity index (χ1v) is 6.10. The number of pyridine rings is 1. The largest absolute Gasteiger partial charge is 0.476 e. The first kappa shape index (κ1) is 12.2. The smallest absolute Gasteiger partial charge is 0.358 e. The third-order valence-corrected chi connectivity index (χ3v) is 2.86. The first-order valence-electron chi connectivity index (χ1n) is 6.10. The average molecular weight is 265 g/mol. The van der Waals surface area contributed by atoms with Gasteiger partial charge in [0.15, 0.2) is 11.4 Å². The molecule has 2 aromatic carbocycles. The minimum absolute atomic E-state index is 0.0902. The molecule has 4 heteroatoms. The molecule has 1 aromatic heterocycles. The maximum atomic E-state index is 11.3. The van der Waals surface area contributed by atoms with Crippen LogP contribution in [0.3, 0.4) is 0 Å². The Kier molecular flexibility index (Phi) is 3.05. The summed E-state index contributed by atoms with van der Waals surface area (Å²) in [6, 6.07) is 18.1. The Morgan fingerprint density at radius 2 is 1.70 bits per heavy atom. The zero-order valence-corrected chi connectivity index (χ0v) is 10.5. The van der Waals surface area contributed by atoms with Crippen molar-refractivity contribution in [2.45, 2.75) is 0 Å². The molecule has 4 nitrogen and oxygen atoms in total. The summed E-state index contributed by atoms with van der Waals surface area (Å²) >= 11 is 0. The zero-order chi connectivity index (χ0) is 13.9. The summed E-state index contributed by atoms with van der Waals surface area (Å²) < 4.78 is 5.64. The van der Waals surface area contributed by atoms with Crippen LogP contribution < -0.4 is 4.74 Å². The number of benzene rings is 2. The number of ether oxygens (including phenoxy) is 1. The van der Waals surface area contributed by atoms with Gasteiger partial charge >= 0.3 is 5.97 Å². The molecule has 0 bridgehead atoms. The molecule has 3 rings (SSSR count). The lowest BCUT2D eigenvalue weighted by Gasteiger charge is -2.09. The predicted octanol–water partition coefficient (Wildman–Crippen LogP) is 3.73. The molecule has 0 fully saturated rings. The Hall–Kier alpha value is -2.88. The van der Waals surface area contributed by atoms with Crippen molar-refractivity contribution in [1.29, 1.82) is 0 Å². The van der Waals surface area contributed by atoms with Crippen LogP contribution in [-0.2, 0) is 0 Å². The molecule has 0 aliphatic carbocycles. The van der Waals surface area contributed by atoms with Gasteiger partial charge in [-0.2, -0.15) is 0 Å².